The van der Waals surface area contributed by atoms with Crippen LogP contribution in [0.2, 0.25) is 0 Å². The Morgan fingerprint density at radius 1 is 1.16 bits per heavy atom. The van der Waals surface area contributed by atoms with Crippen molar-refractivity contribution in [3.63, 3.8) is 0 Å². The fourth-order valence-electron chi connectivity index (χ4n) is 2.51. The lowest BCUT2D eigenvalue weighted by molar-refractivity contribution is 0.0992. The molecule has 0 aliphatic heterocycles. The van der Waals surface area contributed by atoms with E-state index in [-0.39, 0.29) is 17.9 Å². The summed E-state index contributed by atoms with van der Waals surface area (Å²) < 4.78 is 14.2. The number of benzene rings is 1. The molecule has 0 radical (unpaired) electrons. The lowest BCUT2D eigenvalue weighted by atomic mass is 10.0. The first kappa shape index (κ1) is 16.7. The molecule has 0 N–H and O–H groups in total. The highest BCUT2D eigenvalue weighted by Crippen LogP contribution is 2.26. The second-order valence-corrected chi connectivity index (χ2v) is 5.69. The highest BCUT2D eigenvalue weighted by Gasteiger charge is 2.15. The first-order valence-electron chi connectivity index (χ1n) is 7.78. The molecule has 25 heavy (non-hydrogen) atoms. The highest BCUT2D eigenvalue weighted by molar-refractivity contribution is 5.98. The first-order valence-corrected chi connectivity index (χ1v) is 7.78. The summed E-state index contributed by atoms with van der Waals surface area (Å²) in [4.78, 5) is 26.4. The minimum Gasteiger partial charge on any atom is -0.340 e. The van der Waals surface area contributed by atoms with Crippen LogP contribution in [0.3, 0.4) is 0 Å². The normalized spacial score (nSPS) is 10.5. The molecule has 5 nitrogen and oxygen atoms in total. The number of anilines is 2. The van der Waals surface area contributed by atoms with Crippen molar-refractivity contribution in [3.8, 4) is 0 Å². The van der Waals surface area contributed by atoms with Gasteiger partial charge in [-0.3, -0.25) is 9.78 Å². The summed E-state index contributed by atoms with van der Waals surface area (Å²) in [5.74, 6) is -0.534. The Bertz CT molecular complexity index is 899. The van der Waals surface area contributed by atoms with Crippen molar-refractivity contribution >= 4 is 17.2 Å². The van der Waals surface area contributed by atoms with E-state index >= 15 is 0 Å². The van der Waals surface area contributed by atoms with Crippen molar-refractivity contribution in [2.75, 3.05) is 11.9 Å². The van der Waals surface area contributed by atoms with Gasteiger partial charge in [0.25, 0.3) is 0 Å². The molecule has 0 atom stereocenters. The maximum Gasteiger partial charge on any atom is 0.168 e. The van der Waals surface area contributed by atoms with Crippen LogP contribution in [-0.4, -0.2) is 27.8 Å². The van der Waals surface area contributed by atoms with Crippen LogP contribution in [0, 0.1) is 12.7 Å². The Hall–Kier alpha value is -3.15. The van der Waals surface area contributed by atoms with E-state index in [4.69, 9.17) is 0 Å². The van der Waals surface area contributed by atoms with Crippen molar-refractivity contribution < 1.29 is 9.18 Å². The molecule has 3 aromatic rings. The molecule has 1 aromatic carbocycles. The van der Waals surface area contributed by atoms with Crippen LogP contribution in [0.25, 0.3) is 0 Å². The van der Waals surface area contributed by atoms with Gasteiger partial charge in [-0.15, -0.1) is 0 Å². The van der Waals surface area contributed by atoms with Gasteiger partial charge in [0.05, 0.1) is 30.2 Å². The van der Waals surface area contributed by atoms with Gasteiger partial charge < -0.3 is 4.90 Å². The van der Waals surface area contributed by atoms with E-state index in [1.165, 1.54) is 18.5 Å². The predicted molar refractivity (Wildman–Crippen MR) is 93.5 cm³/mol. The van der Waals surface area contributed by atoms with Gasteiger partial charge in [-0.25, -0.2) is 14.4 Å². The van der Waals surface area contributed by atoms with Crippen LogP contribution in [0.4, 0.5) is 15.8 Å². The van der Waals surface area contributed by atoms with Gasteiger partial charge in [-0.1, -0.05) is 6.07 Å². The van der Waals surface area contributed by atoms with Gasteiger partial charge >= 0.3 is 0 Å². The standard InChI is InChI=1S/C19H17FN4O/c1-13-4-3-5-15(23-13)9-19(25)14-6-7-17(20)18(8-14)24(2)16-10-21-12-22-11-16/h3-8,10-12H,9H2,1-2H3. The van der Waals surface area contributed by atoms with Gasteiger partial charge in [0.2, 0.25) is 0 Å². The van der Waals surface area contributed by atoms with Crippen LogP contribution in [0.5, 0.6) is 0 Å². The summed E-state index contributed by atoms with van der Waals surface area (Å²) in [7, 11) is 1.70. The minimum absolute atomic E-state index is 0.114. The van der Waals surface area contributed by atoms with Crippen LogP contribution in [0.1, 0.15) is 21.7 Å². The van der Waals surface area contributed by atoms with Crippen LogP contribution < -0.4 is 4.90 Å². The topological polar surface area (TPSA) is 59.0 Å². The number of Topliss-reactive ketones (excluding diaryl/α,β-unsaturated/α-hetero) is 1. The molecular formula is C19H17FN4O. The highest BCUT2D eigenvalue weighted by atomic mass is 19.1. The lowest BCUT2D eigenvalue weighted by Gasteiger charge is -2.19. The molecule has 0 unspecified atom stereocenters. The molecule has 0 saturated carbocycles. The number of carbonyl (C=O) groups is 1. The van der Waals surface area contributed by atoms with E-state index in [0.29, 0.717) is 16.9 Å². The molecule has 3 rings (SSSR count). The molecule has 6 heteroatoms. The molecule has 126 valence electrons. The van der Waals surface area contributed by atoms with Crippen LogP contribution >= 0.6 is 0 Å². The van der Waals surface area contributed by atoms with Crippen molar-refractivity contribution in [1.29, 1.82) is 0 Å². The average molecular weight is 336 g/mol. The third kappa shape index (κ3) is 3.85. The molecule has 0 fully saturated rings. The van der Waals surface area contributed by atoms with E-state index in [1.54, 1.807) is 30.4 Å². The van der Waals surface area contributed by atoms with Crippen LogP contribution in [0.15, 0.2) is 55.1 Å². The molecule has 2 heterocycles. The first-order chi connectivity index (χ1) is 12.0. The second kappa shape index (κ2) is 7.17. The smallest absolute Gasteiger partial charge is 0.168 e. The molecule has 0 spiro atoms. The van der Waals surface area contributed by atoms with Gasteiger partial charge in [-0.05, 0) is 37.3 Å². The maximum atomic E-state index is 14.2. The quantitative estimate of drug-likeness (QED) is 0.667. The summed E-state index contributed by atoms with van der Waals surface area (Å²) in [6.45, 7) is 1.88. The van der Waals surface area contributed by atoms with Gasteiger partial charge in [0.15, 0.2) is 5.78 Å². The number of pyridine rings is 1. The summed E-state index contributed by atoms with van der Waals surface area (Å²) in [6.07, 6.45) is 4.74. The summed E-state index contributed by atoms with van der Waals surface area (Å²) in [5.41, 5.74) is 2.90. The zero-order chi connectivity index (χ0) is 17.8. The number of hydrogen-bond acceptors (Lipinski definition) is 5. The Balaban J connectivity index is 1.87. The zero-order valence-corrected chi connectivity index (χ0v) is 14.0. The fraction of sp³-hybridized carbons (Fsp3) is 0.158. The van der Waals surface area contributed by atoms with Crippen molar-refractivity contribution in [2.24, 2.45) is 0 Å². The molecule has 2 aromatic heterocycles. The van der Waals surface area contributed by atoms with E-state index in [9.17, 15) is 9.18 Å². The molecule has 0 amide bonds. The summed E-state index contributed by atoms with van der Waals surface area (Å²) >= 11 is 0. The number of aromatic nitrogens is 3. The van der Waals surface area contributed by atoms with Gasteiger partial charge in [-0.2, -0.15) is 0 Å². The van der Waals surface area contributed by atoms with E-state index < -0.39 is 5.82 Å². The molecule has 0 saturated heterocycles. The molecular weight excluding hydrogens is 319 g/mol. The van der Waals surface area contributed by atoms with Crippen LogP contribution in [-0.2, 0) is 6.42 Å². The second-order valence-electron chi connectivity index (χ2n) is 5.69. The van der Waals surface area contributed by atoms with E-state index in [2.05, 4.69) is 15.0 Å². The third-order valence-electron chi connectivity index (χ3n) is 3.85. The Morgan fingerprint density at radius 2 is 1.92 bits per heavy atom. The number of aryl methyl sites for hydroxylation is 1. The number of halogens is 1. The fourth-order valence-corrected chi connectivity index (χ4v) is 2.51. The molecule has 0 aliphatic rings. The predicted octanol–water partition coefficient (Wildman–Crippen LogP) is 3.51. The Kier molecular flexibility index (Phi) is 4.79. The Labute approximate surface area is 145 Å². The average Bonchev–Trinajstić information content (AvgIpc) is 2.62. The minimum atomic E-state index is -0.420. The lowest BCUT2D eigenvalue weighted by Crippen LogP contribution is -2.13. The number of rotatable bonds is 5. The maximum absolute atomic E-state index is 14.2. The zero-order valence-electron chi connectivity index (χ0n) is 14.0. The Morgan fingerprint density at radius 3 is 2.64 bits per heavy atom. The van der Waals surface area contributed by atoms with Crippen molar-refractivity contribution in [2.45, 2.75) is 13.3 Å². The van der Waals surface area contributed by atoms with E-state index in [1.807, 2.05) is 25.1 Å². The van der Waals surface area contributed by atoms with Crippen molar-refractivity contribution in [3.05, 3.63) is 77.9 Å². The summed E-state index contributed by atoms with van der Waals surface area (Å²) in [6, 6.07) is 9.88. The largest absolute Gasteiger partial charge is 0.340 e. The monoisotopic (exact) mass is 336 g/mol. The third-order valence-corrected chi connectivity index (χ3v) is 3.85. The summed E-state index contributed by atoms with van der Waals surface area (Å²) in [5, 5.41) is 0. The van der Waals surface area contributed by atoms with Gasteiger partial charge in [0, 0.05) is 24.0 Å². The van der Waals surface area contributed by atoms with Gasteiger partial charge in [0.1, 0.15) is 12.1 Å². The number of carbonyl (C=O) groups excluding carboxylic acids is 1. The van der Waals surface area contributed by atoms with E-state index in [0.717, 1.165) is 5.69 Å². The number of ketones is 1. The number of hydrogen-bond donors (Lipinski definition) is 0. The molecule has 0 aliphatic carbocycles. The van der Waals surface area contributed by atoms with Crippen molar-refractivity contribution in [1.82, 2.24) is 15.0 Å². The number of nitrogens with zero attached hydrogens (tertiary/aromatic N) is 4. The molecule has 0 bridgehead atoms. The SMILES string of the molecule is Cc1cccc(CC(=O)c2ccc(F)c(N(C)c3cncnc3)c2)n1.